The number of aliphatic hydroxyl groups excluding tert-OH is 1. The Morgan fingerprint density at radius 3 is 2.69 bits per heavy atom. The number of aliphatic hydroxyl groups is 1. The van der Waals surface area contributed by atoms with Crippen molar-refractivity contribution in [2.75, 3.05) is 31.5 Å². The Labute approximate surface area is 154 Å². The van der Waals surface area contributed by atoms with Crippen molar-refractivity contribution < 1.29 is 5.11 Å². The highest BCUT2D eigenvalue weighted by Gasteiger charge is 2.23. The number of aryl methyl sites for hydroxylation is 1. The van der Waals surface area contributed by atoms with Gasteiger partial charge >= 0.3 is 0 Å². The molecule has 0 radical (unpaired) electrons. The summed E-state index contributed by atoms with van der Waals surface area (Å²) in [4.78, 5) is 12.0. The molecule has 0 unspecified atom stereocenters. The predicted molar refractivity (Wildman–Crippen MR) is 102 cm³/mol. The van der Waals surface area contributed by atoms with Crippen LogP contribution >= 0.6 is 0 Å². The van der Waals surface area contributed by atoms with Gasteiger partial charge in [0.2, 0.25) is 0 Å². The molecule has 2 fully saturated rings. The highest BCUT2D eigenvalue weighted by molar-refractivity contribution is 5.86. The minimum Gasteiger partial charge on any atom is -0.390 e. The highest BCUT2D eigenvalue weighted by atomic mass is 16.3. The standard InChI is InChI=1S/C19H30N6O/c1-24-19-16(12-21-24)18(22-17(23-19)14-7-3-4-8-14)20-11-15(26)13-25-9-5-2-6-10-25/h12,14-15,26H,2-11,13H2,1H3,(H,20,22,23)/t15-/m0/s1. The number of likely N-dealkylation sites (tertiary alicyclic amines) is 1. The lowest BCUT2D eigenvalue weighted by atomic mass is 10.1. The second kappa shape index (κ2) is 7.88. The fourth-order valence-electron chi connectivity index (χ4n) is 4.26. The lowest BCUT2D eigenvalue weighted by Crippen LogP contribution is -2.39. The Morgan fingerprint density at radius 2 is 1.92 bits per heavy atom. The number of nitrogens with one attached hydrogen (secondary N) is 1. The van der Waals surface area contributed by atoms with E-state index in [1.54, 1.807) is 0 Å². The van der Waals surface area contributed by atoms with Crippen LogP contribution in [0, 0.1) is 0 Å². The summed E-state index contributed by atoms with van der Waals surface area (Å²) in [6.07, 6.45) is 10.1. The van der Waals surface area contributed by atoms with Gasteiger partial charge in [-0.2, -0.15) is 5.10 Å². The lowest BCUT2D eigenvalue weighted by Gasteiger charge is -2.28. The first-order valence-electron chi connectivity index (χ1n) is 10.0. The van der Waals surface area contributed by atoms with Gasteiger partial charge < -0.3 is 15.3 Å². The monoisotopic (exact) mass is 358 g/mol. The number of fused-ring (bicyclic) bond motifs is 1. The van der Waals surface area contributed by atoms with Crippen molar-refractivity contribution in [3.05, 3.63) is 12.0 Å². The number of anilines is 1. The van der Waals surface area contributed by atoms with Gasteiger partial charge in [-0.1, -0.05) is 19.3 Å². The van der Waals surface area contributed by atoms with Gasteiger partial charge in [0.25, 0.3) is 0 Å². The highest BCUT2D eigenvalue weighted by Crippen LogP contribution is 2.34. The van der Waals surface area contributed by atoms with Crippen LogP contribution in [-0.2, 0) is 7.05 Å². The second-order valence-corrected chi connectivity index (χ2v) is 7.81. The summed E-state index contributed by atoms with van der Waals surface area (Å²) < 4.78 is 1.81. The van der Waals surface area contributed by atoms with Gasteiger partial charge in [-0.15, -0.1) is 0 Å². The molecule has 2 aromatic rings. The molecule has 1 atom stereocenters. The van der Waals surface area contributed by atoms with Gasteiger partial charge in [0.05, 0.1) is 17.7 Å². The average molecular weight is 358 g/mol. The van der Waals surface area contributed by atoms with E-state index in [0.29, 0.717) is 12.5 Å². The van der Waals surface area contributed by atoms with Gasteiger partial charge in [-0.25, -0.2) is 9.97 Å². The zero-order chi connectivity index (χ0) is 17.9. The van der Waals surface area contributed by atoms with E-state index < -0.39 is 6.10 Å². The molecule has 0 bridgehead atoms. The SMILES string of the molecule is Cn1ncc2c(NC[C@H](O)CN3CCCCC3)nc(C3CCCC3)nc21. The molecule has 7 heteroatoms. The molecular formula is C19H30N6O. The largest absolute Gasteiger partial charge is 0.390 e. The first-order valence-corrected chi connectivity index (χ1v) is 10.0. The van der Waals surface area contributed by atoms with Crippen molar-refractivity contribution in [3.63, 3.8) is 0 Å². The molecule has 0 spiro atoms. The van der Waals surface area contributed by atoms with Crippen molar-refractivity contribution in [3.8, 4) is 0 Å². The van der Waals surface area contributed by atoms with Crippen LogP contribution in [0.1, 0.15) is 56.7 Å². The minimum atomic E-state index is -0.398. The van der Waals surface area contributed by atoms with Crippen molar-refractivity contribution in [1.82, 2.24) is 24.6 Å². The van der Waals surface area contributed by atoms with Crippen LogP contribution < -0.4 is 5.32 Å². The zero-order valence-corrected chi connectivity index (χ0v) is 15.7. The summed E-state index contributed by atoms with van der Waals surface area (Å²) in [6.45, 7) is 3.43. The summed E-state index contributed by atoms with van der Waals surface area (Å²) in [5, 5.41) is 19.1. The number of nitrogens with zero attached hydrogens (tertiary/aromatic N) is 5. The number of piperidine rings is 1. The normalized spacial score (nSPS) is 20.7. The summed E-state index contributed by atoms with van der Waals surface area (Å²) in [5.41, 5.74) is 0.870. The van der Waals surface area contributed by atoms with Gasteiger partial charge in [0.1, 0.15) is 11.6 Å². The van der Waals surface area contributed by atoms with Crippen LogP contribution in [0.4, 0.5) is 5.82 Å². The van der Waals surface area contributed by atoms with E-state index in [-0.39, 0.29) is 0 Å². The van der Waals surface area contributed by atoms with Gasteiger partial charge in [-0.3, -0.25) is 4.68 Å². The summed E-state index contributed by atoms with van der Waals surface area (Å²) in [5.74, 6) is 2.18. The maximum absolute atomic E-state index is 10.5. The Bertz CT molecular complexity index is 733. The van der Waals surface area contributed by atoms with Crippen LogP contribution in [0.15, 0.2) is 6.20 Å². The third-order valence-electron chi connectivity index (χ3n) is 5.75. The average Bonchev–Trinajstić information content (AvgIpc) is 3.31. The van der Waals surface area contributed by atoms with Crippen molar-refractivity contribution in [2.24, 2.45) is 7.05 Å². The molecule has 1 saturated heterocycles. The number of hydrogen-bond acceptors (Lipinski definition) is 6. The number of aromatic nitrogens is 4. The van der Waals surface area contributed by atoms with Crippen molar-refractivity contribution >= 4 is 16.9 Å². The van der Waals surface area contributed by atoms with Gasteiger partial charge in [0, 0.05) is 26.1 Å². The quantitative estimate of drug-likeness (QED) is 0.825. The molecule has 142 valence electrons. The van der Waals surface area contributed by atoms with E-state index in [4.69, 9.17) is 9.97 Å². The first-order chi connectivity index (χ1) is 12.7. The first kappa shape index (κ1) is 17.7. The summed E-state index contributed by atoms with van der Waals surface area (Å²) >= 11 is 0. The van der Waals surface area contributed by atoms with E-state index in [1.165, 1.54) is 44.9 Å². The lowest BCUT2D eigenvalue weighted by molar-refractivity contribution is 0.109. The molecule has 4 rings (SSSR count). The maximum Gasteiger partial charge on any atom is 0.163 e. The third kappa shape index (κ3) is 3.83. The number of rotatable bonds is 6. The van der Waals surface area contributed by atoms with E-state index in [0.717, 1.165) is 42.3 Å². The predicted octanol–water partition coefficient (Wildman–Crippen LogP) is 2.28. The molecule has 3 heterocycles. The maximum atomic E-state index is 10.5. The van der Waals surface area contributed by atoms with E-state index in [1.807, 2.05) is 17.9 Å². The topological polar surface area (TPSA) is 79.1 Å². The van der Waals surface area contributed by atoms with E-state index >= 15 is 0 Å². The van der Waals surface area contributed by atoms with Crippen LogP contribution in [0.3, 0.4) is 0 Å². The molecule has 1 aliphatic carbocycles. The van der Waals surface area contributed by atoms with Crippen LogP contribution in [-0.4, -0.2) is 62.0 Å². The molecule has 2 aliphatic rings. The Hall–Kier alpha value is -1.73. The number of hydrogen-bond donors (Lipinski definition) is 2. The number of β-amino-alcohol motifs (C(OH)–C–C–N with tert-alkyl or cyclic N) is 1. The third-order valence-corrected chi connectivity index (χ3v) is 5.75. The van der Waals surface area contributed by atoms with Gasteiger partial charge in [0.15, 0.2) is 5.65 Å². The molecular weight excluding hydrogens is 328 g/mol. The summed E-state index contributed by atoms with van der Waals surface area (Å²) in [7, 11) is 1.92. The molecule has 7 nitrogen and oxygen atoms in total. The molecule has 26 heavy (non-hydrogen) atoms. The molecule has 2 aromatic heterocycles. The van der Waals surface area contributed by atoms with Crippen LogP contribution in [0.25, 0.3) is 11.0 Å². The van der Waals surface area contributed by atoms with Crippen LogP contribution in [0.5, 0.6) is 0 Å². The fourth-order valence-corrected chi connectivity index (χ4v) is 4.26. The fraction of sp³-hybridized carbons (Fsp3) is 0.737. The Balaban J connectivity index is 1.47. The van der Waals surface area contributed by atoms with Crippen molar-refractivity contribution in [2.45, 2.75) is 57.0 Å². The zero-order valence-electron chi connectivity index (χ0n) is 15.7. The smallest absolute Gasteiger partial charge is 0.163 e. The molecule has 1 aliphatic heterocycles. The molecule has 1 saturated carbocycles. The van der Waals surface area contributed by atoms with Gasteiger partial charge in [-0.05, 0) is 38.8 Å². The van der Waals surface area contributed by atoms with Crippen molar-refractivity contribution in [1.29, 1.82) is 0 Å². The molecule has 2 N–H and O–H groups in total. The van der Waals surface area contributed by atoms with Crippen LogP contribution in [0.2, 0.25) is 0 Å². The summed E-state index contributed by atoms with van der Waals surface area (Å²) in [6, 6.07) is 0. The molecule has 0 amide bonds. The Morgan fingerprint density at radius 1 is 1.15 bits per heavy atom. The molecule has 0 aromatic carbocycles. The minimum absolute atomic E-state index is 0.398. The van der Waals surface area contributed by atoms with E-state index in [2.05, 4.69) is 15.3 Å². The Kier molecular flexibility index (Phi) is 5.36. The second-order valence-electron chi connectivity index (χ2n) is 7.81. The van der Waals surface area contributed by atoms with E-state index in [9.17, 15) is 5.11 Å².